The second kappa shape index (κ2) is 6.08. The van der Waals surface area contributed by atoms with Gasteiger partial charge in [-0.05, 0) is 18.6 Å². The fourth-order valence-electron chi connectivity index (χ4n) is 2.07. The summed E-state index contributed by atoms with van der Waals surface area (Å²) in [5, 5.41) is 0. The second-order valence-corrected chi connectivity index (χ2v) is 4.54. The van der Waals surface area contributed by atoms with Gasteiger partial charge < -0.3 is 23.8 Å². The molecule has 0 amide bonds. The summed E-state index contributed by atoms with van der Waals surface area (Å²) in [5.41, 5.74) is 1.96. The van der Waals surface area contributed by atoms with Gasteiger partial charge in [0.1, 0.15) is 0 Å². The van der Waals surface area contributed by atoms with Crippen molar-refractivity contribution in [3.63, 3.8) is 0 Å². The number of methoxy groups -OCH3 is 3. The number of benzene rings is 1. The van der Waals surface area contributed by atoms with Gasteiger partial charge in [-0.3, -0.25) is 0 Å². The minimum absolute atomic E-state index is 0.690. The zero-order valence-electron chi connectivity index (χ0n) is 11.4. The van der Waals surface area contributed by atoms with E-state index in [-0.39, 0.29) is 0 Å². The van der Waals surface area contributed by atoms with Crippen molar-refractivity contribution in [2.24, 2.45) is 0 Å². The topological polar surface area (TPSA) is 48.4 Å². The molecule has 0 bridgehead atoms. The first-order valence-electron chi connectivity index (χ1n) is 6.04. The Balaban J connectivity index is 2.46. The van der Waals surface area contributed by atoms with Crippen LogP contribution in [0.3, 0.4) is 0 Å². The van der Waals surface area contributed by atoms with Crippen LogP contribution in [0.2, 0.25) is 0 Å². The van der Waals surface area contributed by atoms with Gasteiger partial charge in [0.05, 0.1) is 25.3 Å². The lowest BCUT2D eigenvalue weighted by atomic mass is 10.2. The molecule has 0 saturated heterocycles. The van der Waals surface area contributed by atoms with Gasteiger partial charge in [0.25, 0.3) is 0 Å². The zero-order chi connectivity index (χ0) is 13.8. The number of nitrogens with one attached hydrogen (secondary N) is 1. The maximum absolute atomic E-state index is 5.35. The molecule has 19 heavy (non-hydrogen) atoms. The number of rotatable bonds is 6. The van der Waals surface area contributed by atoms with Gasteiger partial charge in [-0.15, -0.1) is 0 Å². The predicted molar refractivity (Wildman–Crippen MR) is 76.7 cm³/mol. The molecular formula is C13H18N2O3S. The van der Waals surface area contributed by atoms with Gasteiger partial charge >= 0.3 is 0 Å². The number of nitrogens with zero attached hydrogens (tertiary/aromatic N) is 1. The van der Waals surface area contributed by atoms with E-state index in [0.29, 0.717) is 22.9 Å². The molecule has 1 aromatic carbocycles. The van der Waals surface area contributed by atoms with E-state index in [9.17, 15) is 0 Å². The molecule has 1 N–H and O–H groups in total. The van der Waals surface area contributed by atoms with E-state index in [1.54, 1.807) is 21.3 Å². The highest BCUT2D eigenvalue weighted by Crippen LogP contribution is 2.31. The van der Waals surface area contributed by atoms with Crippen LogP contribution >= 0.6 is 12.2 Å². The summed E-state index contributed by atoms with van der Waals surface area (Å²) in [6, 6.07) is 3.84. The molecule has 0 aliphatic rings. The highest BCUT2D eigenvalue weighted by molar-refractivity contribution is 7.71. The molecule has 2 aromatic rings. The van der Waals surface area contributed by atoms with Crippen LogP contribution in [0.5, 0.6) is 11.5 Å². The Labute approximate surface area is 117 Å². The third kappa shape index (κ3) is 2.74. The van der Waals surface area contributed by atoms with E-state index in [4.69, 9.17) is 26.4 Å². The maximum Gasteiger partial charge on any atom is 0.178 e. The number of aromatic amines is 1. The van der Waals surface area contributed by atoms with E-state index < -0.39 is 0 Å². The van der Waals surface area contributed by atoms with Crippen molar-refractivity contribution in [1.29, 1.82) is 0 Å². The molecule has 2 rings (SSSR count). The second-order valence-electron chi connectivity index (χ2n) is 4.15. The number of imidazole rings is 1. The molecule has 0 aliphatic carbocycles. The van der Waals surface area contributed by atoms with Crippen molar-refractivity contribution in [1.82, 2.24) is 9.55 Å². The van der Waals surface area contributed by atoms with E-state index in [0.717, 1.165) is 24.0 Å². The number of hydrogen-bond donors (Lipinski definition) is 1. The van der Waals surface area contributed by atoms with Crippen molar-refractivity contribution in [3.05, 3.63) is 16.9 Å². The number of aromatic nitrogens is 2. The maximum atomic E-state index is 5.35. The lowest BCUT2D eigenvalue weighted by Crippen LogP contribution is -2.01. The van der Waals surface area contributed by atoms with E-state index in [1.165, 1.54) is 0 Å². The Morgan fingerprint density at radius 2 is 1.84 bits per heavy atom. The molecule has 0 radical (unpaired) electrons. The highest BCUT2D eigenvalue weighted by atomic mass is 32.1. The molecule has 1 heterocycles. The Hall–Kier alpha value is -1.53. The Morgan fingerprint density at radius 3 is 2.47 bits per heavy atom. The van der Waals surface area contributed by atoms with E-state index in [1.807, 2.05) is 16.7 Å². The summed E-state index contributed by atoms with van der Waals surface area (Å²) in [6.07, 6.45) is 0.909. The summed E-state index contributed by atoms with van der Waals surface area (Å²) < 4.78 is 18.4. The normalized spacial score (nSPS) is 10.9. The Bertz CT molecular complexity index is 618. The van der Waals surface area contributed by atoms with Gasteiger partial charge in [0.2, 0.25) is 0 Å². The van der Waals surface area contributed by atoms with Gasteiger partial charge in [-0.2, -0.15) is 0 Å². The van der Waals surface area contributed by atoms with Gasteiger partial charge in [0.15, 0.2) is 16.3 Å². The smallest absolute Gasteiger partial charge is 0.178 e. The molecule has 5 nitrogen and oxygen atoms in total. The van der Waals surface area contributed by atoms with Crippen LogP contribution in [0.4, 0.5) is 0 Å². The first-order valence-corrected chi connectivity index (χ1v) is 6.45. The minimum Gasteiger partial charge on any atom is -0.493 e. The van der Waals surface area contributed by atoms with Crippen molar-refractivity contribution < 1.29 is 14.2 Å². The average molecular weight is 282 g/mol. The van der Waals surface area contributed by atoms with Gasteiger partial charge in [-0.25, -0.2) is 0 Å². The summed E-state index contributed by atoms with van der Waals surface area (Å²) in [4.78, 5) is 3.18. The average Bonchev–Trinajstić information content (AvgIpc) is 2.73. The molecule has 0 atom stereocenters. The number of ether oxygens (including phenoxy) is 3. The molecule has 0 saturated carbocycles. The van der Waals surface area contributed by atoms with Crippen molar-refractivity contribution in [2.45, 2.75) is 13.0 Å². The van der Waals surface area contributed by atoms with E-state index in [2.05, 4.69) is 4.98 Å². The molecule has 0 unspecified atom stereocenters. The zero-order valence-corrected chi connectivity index (χ0v) is 12.2. The highest BCUT2D eigenvalue weighted by Gasteiger charge is 2.10. The third-order valence-corrected chi connectivity index (χ3v) is 3.33. The summed E-state index contributed by atoms with van der Waals surface area (Å²) in [5.74, 6) is 1.39. The van der Waals surface area contributed by atoms with Crippen LogP contribution in [-0.2, 0) is 11.3 Å². The standard InChI is InChI=1S/C13H18N2O3S/c1-16-6-4-5-15-10-8-12(18-3)11(17-2)7-9(10)14-13(15)19/h7-8H,4-6H2,1-3H3,(H,14,19). The number of fused-ring (bicyclic) bond motifs is 1. The fourth-order valence-corrected chi connectivity index (χ4v) is 2.37. The molecule has 1 aromatic heterocycles. The summed E-state index contributed by atoms with van der Waals surface area (Å²) >= 11 is 5.35. The van der Waals surface area contributed by atoms with Crippen LogP contribution in [0.25, 0.3) is 11.0 Å². The van der Waals surface area contributed by atoms with Gasteiger partial charge in [0, 0.05) is 32.4 Å². The van der Waals surface area contributed by atoms with Crippen molar-refractivity contribution in [2.75, 3.05) is 27.9 Å². The quantitative estimate of drug-likeness (QED) is 0.654. The monoisotopic (exact) mass is 282 g/mol. The Kier molecular flexibility index (Phi) is 4.44. The van der Waals surface area contributed by atoms with E-state index >= 15 is 0 Å². The lowest BCUT2D eigenvalue weighted by Gasteiger charge is -2.09. The van der Waals surface area contributed by atoms with Gasteiger partial charge in [-0.1, -0.05) is 0 Å². The molecule has 0 spiro atoms. The lowest BCUT2D eigenvalue weighted by molar-refractivity contribution is 0.190. The molecule has 0 aliphatic heterocycles. The molecular weight excluding hydrogens is 264 g/mol. The molecule has 6 heteroatoms. The number of aryl methyl sites for hydroxylation is 1. The largest absolute Gasteiger partial charge is 0.493 e. The fraction of sp³-hybridized carbons (Fsp3) is 0.462. The van der Waals surface area contributed by atoms with Crippen molar-refractivity contribution in [3.8, 4) is 11.5 Å². The summed E-state index contributed by atoms with van der Waals surface area (Å²) in [7, 11) is 4.94. The first-order chi connectivity index (χ1) is 9.21. The van der Waals surface area contributed by atoms with Crippen LogP contribution in [0.15, 0.2) is 12.1 Å². The van der Waals surface area contributed by atoms with Crippen LogP contribution < -0.4 is 9.47 Å². The molecule has 104 valence electrons. The number of H-pyrrole nitrogens is 1. The minimum atomic E-state index is 0.690. The third-order valence-electron chi connectivity index (χ3n) is 3.01. The predicted octanol–water partition coefficient (Wildman–Crippen LogP) is 2.75. The SMILES string of the molecule is COCCCn1c(=S)[nH]c2cc(OC)c(OC)cc21. The molecule has 0 fully saturated rings. The number of hydrogen-bond acceptors (Lipinski definition) is 4. The van der Waals surface area contributed by atoms with Crippen molar-refractivity contribution >= 4 is 23.3 Å². The van der Waals surface area contributed by atoms with Crippen LogP contribution in [0, 0.1) is 4.77 Å². The summed E-state index contributed by atoms with van der Waals surface area (Å²) in [6.45, 7) is 1.52. The first kappa shape index (κ1) is 13.9. The van der Waals surface area contributed by atoms with Crippen LogP contribution in [0.1, 0.15) is 6.42 Å². The van der Waals surface area contributed by atoms with Crippen LogP contribution in [-0.4, -0.2) is 37.5 Å². The Morgan fingerprint density at radius 1 is 1.16 bits per heavy atom.